The summed E-state index contributed by atoms with van der Waals surface area (Å²) in [6.45, 7) is 2.87. The van der Waals surface area contributed by atoms with E-state index < -0.39 is 0 Å². The molecule has 1 saturated heterocycles. The second-order valence-electron chi connectivity index (χ2n) is 4.37. The standard InChI is InChI=1S/C11H18N2OS/c1-11(4-2-6-15-8-11)9-7-13-10(14-9)3-5-12/h7H,2-6,8,12H2,1H3. The fourth-order valence-electron chi connectivity index (χ4n) is 1.96. The summed E-state index contributed by atoms with van der Waals surface area (Å²) in [5, 5.41) is 0. The second kappa shape index (κ2) is 4.58. The second-order valence-corrected chi connectivity index (χ2v) is 5.48. The Balaban J connectivity index is 2.12. The van der Waals surface area contributed by atoms with Crippen LogP contribution >= 0.6 is 11.8 Å². The first-order chi connectivity index (χ1) is 7.24. The molecule has 2 rings (SSSR count). The topological polar surface area (TPSA) is 52.0 Å². The van der Waals surface area contributed by atoms with Crippen LogP contribution < -0.4 is 5.73 Å². The Hall–Kier alpha value is -0.480. The minimum Gasteiger partial charge on any atom is -0.445 e. The van der Waals surface area contributed by atoms with Crippen LogP contribution in [0.5, 0.6) is 0 Å². The highest BCUT2D eigenvalue weighted by Crippen LogP contribution is 2.37. The maximum absolute atomic E-state index is 5.76. The lowest BCUT2D eigenvalue weighted by molar-refractivity contribution is 0.346. The summed E-state index contributed by atoms with van der Waals surface area (Å²) < 4.78 is 5.76. The molecule has 84 valence electrons. The molecule has 3 nitrogen and oxygen atoms in total. The molecule has 1 aliphatic heterocycles. The van der Waals surface area contributed by atoms with Crippen LogP contribution in [0, 0.1) is 0 Å². The lowest BCUT2D eigenvalue weighted by atomic mass is 9.85. The monoisotopic (exact) mass is 226 g/mol. The van der Waals surface area contributed by atoms with Crippen LogP contribution in [0.1, 0.15) is 31.4 Å². The van der Waals surface area contributed by atoms with Crippen molar-refractivity contribution in [3.05, 3.63) is 17.8 Å². The molecule has 0 radical (unpaired) electrons. The van der Waals surface area contributed by atoms with Gasteiger partial charge in [0.25, 0.3) is 0 Å². The lowest BCUT2D eigenvalue weighted by Crippen LogP contribution is -2.28. The summed E-state index contributed by atoms with van der Waals surface area (Å²) in [7, 11) is 0. The van der Waals surface area contributed by atoms with Gasteiger partial charge in [0.15, 0.2) is 5.89 Å². The molecule has 0 bridgehead atoms. The van der Waals surface area contributed by atoms with Gasteiger partial charge in [0.2, 0.25) is 0 Å². The van der Waals surface area contributed by atoms with Crippen LogP contribution in [-0.4, -0.2) is 23.0 Å². The molecule has 0 amide bonds. The predicted octanol–water partition coefficient (Wildman–Crippen LogP) is 1.96. The molecule has 1 unspecified atom stereocenters. The van der Waals surface area contributed by atoms with E-state index in [0.29, 0.717) is 6.54 Å². The maximum Gasteiger partial charge on any atom is 0.195 e. The molecule has 2 heterocycles. The Labute approximate surface area is 94.8 Å². The van der Waals surface area contributed by atoms with E-state index in [1.807, 2.05) is 18.0 Å². The third kappa shape index (κ3) is 2.37. The minimum atomic E-state index is 0.183. The Morgan fingerprint density at radius 1 is 1.67 bits per heavy atom. The summed E-state index contributed by atoms with van der Waals surface area (Å²) in [4.78, 5) is 4.27. The van der Waals surface area contributed by atoms with E-state index in [9.17, 15) is 0 Å². The Morgan fingerprint density at radius 2 is 2.53 bits per heavy atom. The molecular formula is C11H18N2OS. The van der Waals surface area contributed by atoms with Gasteiger partial charge in [0, 0.05) is 24.1 Å². The smallest absolute Gasteiger partial charge is 0.195 e. The number of oxazole rings is 1. The fraction of sp³-hybridized carbons (Fsp3) is 0.727. The van der Waals surface area contributed by atoms with Crippen LogP contribution in [0.25, 0.3) is 0 Å². The van der Waals surface area contributed by atoms with Crippen molar-refractivity contribution in [1.82, 2.24) is 4.98 Å². The number of nitrogens with two attached hydrogens (primary N) is 1. The van der Waals surface area contributed by atoms with Gasteiger partial charge in [-0.3, -0.25) is 0 Å². The van der Waals surface area contributed by atoms with Crippen molar-refractivity contribution in [3.8, 4) is 0 Å². The summed E-state index contributed by atoms with van der Waals surface area (Å²) in [6, 6.07) is 0. The van der Waals surface area contributed by atoms with Gasteiger partial charge in [0.05, 0.1) is 6.20 Å². The zero-order valence-corrected chi connectivity index (χ0v) is 9.98. The third-order valence-electron chi connectivity index (χ3n) is 2.94. The lowest BCUT2D eigenvalue weighted by Gasteiger charge is -2.30. The van der Waals surface area contributed by atoms with Crippen LogP contribution in [0.4, 0.5) is 0 Å². The van der Waals surface area contributed by atoms with Gasteiger partial charge in [-0.2, -0.15) is 11.8 Å². The summed E-state index contributed by atoms with van der Waals surface area (Å²) in [6.07, 6.45) is 5.10. The van der Waals surface area contributed by atoms with Crippen molar-refractivity contribution in [1.29, 1.82) is 0 Å². The van der Waals surface area contributed by atoms with Crippen molar-refractivity contribution in [3.63, 3.8) is 0 Å². The number of hydrogen-bond acceptors (Lipinski definition) is 4. The van der Waals surface area contributed by atoms with Gasteiger partial charge in [-0.15, -0.1) is 0 Å². The first-order valence-electron chi connectivity index (χ1n) is 5.47. The Kier molecular flexibility index (Phi) is 3.36. The van der Waals surface area contributed by atoms with Crippen molar-refractivity contribution in [2.45, 2.75) is 31.6 Å². The van der Waals surface area contributed by atoms with E-state index in [1.165, 1.54) is 18.6 Å². The van der Waals surface area contributed by atoms with Gasteiger partial charge in [-0.05, 0) is 18.6 Å². The largest absolute Gasteiger partial charge is 0.445 e. The summed E-state index contributed by atoms with van der Waals surface area (Å²) in [5.41, 5.74) is 5.66. The number of aromatic nitrogens is 1. The Bertz CT molecular complexity index is 318. The van der Waals surface area contributed by atoms with Gasteiger partial charge in [-0.25, -0.2) is 4.98 Å². The van der Waals surface area contributed by atoms with Crippen LogP contribution in [0.15, 0.2) is 10.6 Å². The maximum atomic E-state index is 5.76. The highest BCUT2D eigenvalue weighted by Gasteiger charge is 2.32. The van der Waals surface area contributed by atoms with Gasteiger partial charge in [-0.1, -0.05) is 6.92 Å². The molecule has 1 aromatic rings. The fourth-order valence-corrected chi connectivity index (χ4v) is 3.19. The van der Waals surface area contributed by atoms with Gasteiger partial charge < -0.3 is 10.2 Å². The van der Waals surface area contributed by atoms with E-state index >= 15 is 0 Å². The normalized spacial score (nSPS) is 26.8. The molecule has 0 spiro atoms. The van der Waals surface area contributed by atoms with Crippen molar-refractivity contribution >= 4 is 11.8 Å². The van der Waals surface area contributed by atoms with E-state index in [4.69, 9.17) is 10.2 Å². The average molecular weight is 226 g/mol. The molecule has 0 saturated carbocycles. The van der Waals surface area contributed by atoms with E-state index in [0.717, 1.165) is 23.8 Å². The number of thioether (sulfide) groups is 1. The molecule has 4 heteroatoms. The van der Waals surface area contributed by atoms with Gasteiger partial charge in [0.1, 0.15) is 5.76 Å². The van der Waals surface area contributed by atoms with Gasteiger partial charge >= 0.3 is 0 Å². The average Bonchev–Trinajstić information content (AvgIpc) is 2.69. The Morgan fingerprint density at radius 3 is 3.20 bits per heavy atom. The van der Waals surface area contributed by atoms with Crippen molar-refractivity contribution < 1.29 is 4.42 Å². The van der Waals surface area contributed by atoms with Crippen molar-refractivity contribution in [2.24, 2.45) is 5.73 Å². The molecule has 15 heavy (non-hydrogen) atoms. The van der Waals surface area contributed by atoms with E-state index in [2.05, 4.69) is 11.9 Å². The summed E-state index contributed by atoms with van der Waals surface area (Å²) >= 11 is 2.01. The molecule has 1 aliphatic rings. The van der Waals surface area contributed by atoms with Crippen LogP contribution in [0.2, 0.25) is 0 Å². The molecule has 0 aromatic carbocycles. The number of hydrogen-bond donors (Lipinski definition) is 1. The van der Waals surface area contributed by atoms with Crippen LogP contribution in [-0.2, 0) is 11.8 Å². The van der Waals surface area contributed by atoms with E-state index in [-0.39, 0.29) is 5.41 Å². The predicted molar refractivity (Wildman–Crippen MR) is 63.2 cm³/mol. The molecule has 0 aliphatic carbocycles. The number of rotatable bonds is 3. The zero-order chi connectivity index (χ0) is 10.7. The van der Waals surface area contributed by atoms with E-state index in [1.54, 1.807) is 0 Å². The quantitative estimate of drug-likeness (QED) is 0.856. The number of nitrogens with zero attached hydrogens (tertiary/aromatic N) is 1. The molecule has 2 N–H and O–H groups in total. The molecule has 1 aromatic heterocycles. The molecule has 1 atom stereocenters. The summed E-state index contributed by atoms with van der Waals surface area (Å²) in [5.74, 6) is 4.24. The third-order valence-corrected chi connectivity index (χ3v) is 4.36. The SMILES string of the molecule is CC1(c2cnc(CCN)o2)CCCSC1. The minimum absolute atomic E-state index is 0.183. The highest BCUT2D eigenvalue weighted by molar-refractivity contribution is 7.99. The molecular weight excluding hydrogens is 208 g/mol. The van der Waals surface area contributed by atoms with Crippen LogP contribution in [0.3, 0.4) is 0 Å². The first kappa shape index (κ1) is 11.0. The van der Waals surface area contributed by atoms with Crippen molar-refractivity contribution in [2.75, 3.05) is 18.1 Å². The zero-order valence-electron chi connectivity index (χ0n) is 9.16. The molecule has 1 fully saturated rings. The highest BCUT2D eigenvalue weighted by atomic mass is 32.2. The first-order valence-corrected chi connectivity index (χ1v) is 6.63.